The molecule has 2 heterocycles. The van der Waals surface area contributed by atoms with Crippen molar-refractivity contribution in [1.29, 1.82) is 5.26 Å². The van der Waals surface area contributed by atoms with Crippen LogP contribution in [0.25, 0.3) is 104 Å². The van der Waals surface area contributed by atoms with Crippen LogP contribution >= 0.6 is 0 Å². The molecular formula is C57H36N4. The molecule has 11 aromatic rings. The van der Waals surface area contributed by atoms with Crippen molar-refractivity contribution in [2.75, 3.05) is 0 Å². The zero-order chi connectivity index (χ0) is 41.0. The van der Waals surface area contributed by atoms with Crippen molar-refractivity contribution < 1.29 is 0 Å². The van der Waals surface area contributed by atoms with Crippen LogP contribution < -0.4 is 0 Å². The molecule has 0 amide bonds. The van der Waals surface area contributed by atoms with Crippen LogP contribution in [0.2, 0.25) is 0 Å². The van der Waals surface area contributed by atoms with Crippen LogP contribution in [0.4, 0.5) is 5.69 Å². The molecule has 0 radical (unpaired) electrons. The first-order valence-corrected chi connectivity index (χ1v) is 20.4. The number of nitrogens with zero attached hydrogens (tertiary/aromatic N) is 4. The van der Waals surface area contributed by atoms with E-state index in [1.54, 1.807) is 0 Å². The summed E-state index contributed by atoms with van der Waals surface area (Å²) in [6.45, 7) is 10.8. The summed E-state index contributed by atoms with van der Waals surface area (Å²) in [6.07, 6.45) is 0. The molecule has 61 heavy (non-hydrogen) atoms. The lowest BCUT2D eigenvalue weighted by molar-refractivity contribution is 1.16. The molecule has 0 fully saturated rings. The van der Waals surface area contributed by atoms with Crippen molar-refractivity contribution in [2.24, 2.45) is 0 Å². The van der Waals surface area contributed by atoms with E-state index >= 15 is 0 Å². The van der Waals surface area contributed by atoms with Crippen molar-refractivity contribution in [3.63, 3.8) is 0 Å². The van der Waals surface area contributed by atoms with E-state index in [2.05, 4.69) is 197 Å². The Bertz CT molecular complexity index is 3610. The predicted octanol–water partition coefficient (Wildman–Crippen LogP) is 15.3. The molecule has 0 aliphatic heterocycles. The highest BCUT2D eigenvalue weighted by atomic mass is 15.0. The molecule has 0 spiro atoms. The highest BCUT2D eigenvalue weighted by molar-refractivity contribution is 6.14. The molecule has 0 bridgehead atoms. The van der Waals surface area contributed by atoms with Crippen LogP contribution in [-0.2, 0) is 0 Å². The third kappa shape index (κ3) is 5.74. The molecular weight excluding hydrogens is 741 g/mol. The number of benzene rings is 9. The molecule has 2 aromatic heterocycles. The summed E-state index contributed by atoms with van der Waals surface area (Å²) < 4.78 is 4.72. The van der Waals surface area contributed by atoms with E-state index in [0.29, 0.717) is 11.3 Å². The second-order valence-corrected chi connectivity index (χ2v) is 15.5. The minimum Gasteiger partial charge on any atom is -0.310 e. The second kappa shape index (κ2) is 14.4. The maximum Gasteiger partial charge on any atom is 0.197 e. The molecule has 4 heteroatoms. The Morgan fingerprint density at radius 3 is 1.48 bits per heavy atom. The molecule has 4 nitrogen and oxygen atoms in total. The smallest absolute Gasteiger partial charge is 0.197 e. The van der Waals surface area contributed by atoms with Crippen LogP contribution in [0, 0.1) is 24.8 Å². The summed E-state index contributed by atoms with van der Waals surface area (Å²) in [7, 11) is 0. The van der Waals surface area contributed by atoms with Gasteiger partial charge < -0.3 is 9.13 Å². The fourth-order valence-electron chi connectivity index (χ4n) is 9.40. The number of rotatable bonds is 6. The molecule has 0 atom stereocenters. The zero-order valence-electron chi connectivity index (χ0n) is 33.3. The highest BCUT2D eigenvalue weighted by Gasteiger charge is 2.26. The van der Waals surface area contributed by atoms with Gasteiger partial charge in [-0.15, -0.1) is 0 Å². The van der Waals surface area contributed by atoms with Crippen LogP contribution in [0.5, 0.6) is 0 Å². The molecule has 0 unspecified atom stereocenters. The van der Waals surface area contributed by atoms with Gasteiger partial charge in [0.1, 0.15) is 0 Å². The lowest BCUT2D eigenvalue weighted by Crippen LogP contribution is -2.04. The molecule has 0 aliphatic rings. The van der Waals surface area contributed by atoms with Crippen molar-refractivity contribution in [2.45, 2.75) is 6.92 Å². The van der Waals surface area contributed by atoms with Gasteiger partial charge in [-0.2, -0.15) is 5.26 Å². The van der Waals surface area contributed by atoms with Gasteiger partial charge in [-0.1, -0.05) is 140 Å². The fourth-order valence-corrected chi connectivity index (χ4v) is 9.40. The first-order valence-electron chi connectivity index (χ1n) is 20.4. The van der Waals surface area contributed by atoms with E-state index in [-0.39, 0.29) is 0 Å². The Labute approximate surface area is 353 Å². The topological polar surface area (TPSA) is 38.0 Å². The summed E-state index contributed by atoms with van der Waals surface area (Å²) in [6, 6.07) is 72.5. The summed E-state index contributed by atoms with van der Waals surface area (Å²) >= 11 is 0. The molecule has 0 N–H and O–H groups in total. The van der Waals surface area contributed by atoms with Gasteiger partial charge in [0.2, 0.25) is 0 Å². The molecule has 0 aliphatic carbocycles. The number of aromatic nitrogens is 2. The van der Waals surface area contributed by atoms with E-state index in [9.17, 15) is 5.26 Å². The lowest BCUT2D eigenvalue weighted by atomic mass is 9.88. The quantitative estimate of drug-likeness (QED) is 0.155. The first-order chi connectivity index (χ1) is 30.1. The number of aryl methyl sites for hydroxylation is 1. The van der Waals surface area contributed by atoms with E-state index < -0.39 is 0 Å². The Balaban J connectivity index is 1.26. The van der Waals surface area contributed by atoms with Gasteiger partial charge in [0.15, 0.2) is 5.69 Å². The Morgan fingerprint density at radius 1 is 0.426 bits per heavy atom. The van der Waals surface area contributed by atoms with Gasteiger partial charge in [-0.05, 0) is 107 Å². The second-order valence-electron chi connectivity index (χ2n) is 15.5. The van der Waals surface area contributed by atoms with Crippen LogP contribution in [0.1, 0.15) is 11.1 Å². The van der Waals surface area contributed by atoms with E-state index in [1.807, 2.05) is 30.3 Å². The lowest BCUT2D eigenvalue weighted by Gasteiger charge is -2.23. The third-order valence-corrected chi connectivity index (χ3v) is 12.1. The van der Waals surface area contributed by atoms with Gasteiger partial charge in [0.25, 0.3) is 0 Å². The largest absolute Gasteiger partial charge is 0.310 e. The Hall–Kier alpha value is -8.44. The van der Waals surface area contributed by atoms with Crippen molar-refractivity contribution >= 4 is 49.3 Å². The standard InChI is InChI=1S/C57H36N4/c1-37-33-38(36-58)27-30-43(37)46-21-13-25-54(60-50-23-11-9-19-44(50)47-34-41(28-31-52(47)60)39-15-5-3-6-16-39)56(46)57-49(59-2)22-14-26-55(57)61-51-24-12-10-20-45(51)48-35-42(29-32-53(48)61)40-17-7-4-8-18-40/h3-35H,1H3. The molecule has 11 rings (SSSR count). The van der Waals surface area contributed by atoms with Crippen molar-refractivity contribution in [1.82, 2.24) is 9.13 Å². The number of hydrogen-bond donors (Lipinski definition) is 0. The zero-order valence-corrected chi connectivity index (χ0v) is 33.3. The minimum atomic E-state index is 0.552. The van der Waals surface area contributed by atoms with Gasteiger partial charge in [0, 0.05) is 38.4 Å². The van der Waals surface area contributed by atoms with Crippen molar-refractivity contribution in [3.05, 3.63) is 223 Å². The fraction of sp³-hybridized carbons (Fsp3) is 0.0175. The third-order valence-electron chi connectivity index (χ3n) is 12.1. The normalized spacial score (nSPS) is 11.3. The van der Waals surface area contributed by atoms with Crippen LogP contribution in [-0.4, -0.2) is 9.13 Å². The highest BCUT2D eigenvalue weighted by Crippen LogP contribution is 2.49. The SMILES string of the molecule is [C-]#[N+]c1cccc(-n2c3ccccc3c3cc(-c4ccccc4)ccc32)c1-c1c(-c2ccc(C#N)cc2C)cccc1-n1c2ccccc2c2cc(-c3ccccc3)ccc21. The predicted molar refractivity (Wildman–Crippen MR) is 253 cm³/mol. The van der Waals surface area contributed by atoms with Crippen LogP contribution in [0.15, 0.2) is 200 Å². The summed E-state index contributed by atoms with van der Waals surface area (Å²) in [5.41, 5.74) is 16.7. The van der Waals surface area contributed by atoms with E-state index in [1.165, 1.54) is 0 Å². The number of hydrogen-bond acceptors (Lipinski definition) is 1. The van der Waals surface area contributed by atoms with E-state index in [4.69, 9.17) is 6.57 Å². The maximum atomic E-state index is 9.89. The monoisotopic (exact) mass is 776 g/mol. The van der Waals surface area contributed by atoms with E-state index in [0.717, 1.165) is 105 Å². The molecule has 9 aromatic carbocycles. The molecule has 284 valence electrons. The summed E-state index contributed by atoms with van der Waals surface area (Å²) in [5, 5.41) is 14.5. The number of fused-ring (bicyclic) bond motifs is 6. The van der Waals surface area contributed by atoms with Crippen LogP contribution in [0.3, 0.4) is 0 Å². The minimum absolute atomic E-state index is 0.552. The average Bonchev–Trinajstić information content (AvgIpc) is 3.83. The van der Waals surface area contributed by atoms with Gasteiger partial charge in [0.05, 0.1) is 46.0 Å². The Morgan fingerprint density at radius 2 is 0.934 bits per heavy atom. The molecule has 0 saturated carbocycles. The summed E-state index contributed by atoms with van der Waals surface area (Å²) in [4.78, 5) is 4.29. The first kappa shape index (κ1) is 35.7. The maximum absolute atomic E-state index is 9.89. The number of nitriles is 1. The average molecular weight is 777 g/mol. The van der Waals surface area contributed by atoms with Crippen molar-refractivity contribution in [3.8, 4) is 62.0 Å². The van der Waals surface area contributed by atoms with Gasteiger partial charge in [-0.25, -0.2) is 4.85 Å². The van der Waals surface area contributed by atoms with Gasteiger partial charge >= 0.3 is 0 Å². The number of para-hydroxylation sites is 2. The van der Waals surface area contributed by atoms with Gasteiger partial charge in [-0.3, -0.25) is 0 Å². The Kier molecular flexibility index (Phi) is 8.45. The summed E-state index contributed by atoms with van der Waals surface area (Å²) in [5.74, 6) is 0. The molecule has 0 saturated heterocycles.